The minimum Gasteiger partial charge on any atom is -0.368 e. The maximum atomic E-state index is 11.0. The Balaban J connectivity index is 2.77. The Bertz CT molecular complexity index is 334. The van der Waals surface area contributed by atoms with Gasteiger partial charge in [0.05, 0.1) is 6.33 Å². The molecule has 1 aromatic heterocycles. The Morgan fingerprint density at radius 1 is 1.69 bits per heavy atom. The normalized spacial score (nSPS) is 10.5. The number of hydrogen-bond donors (Lipinski definition) is 2. The van der Waals surface area contributed by atoms with Gasteiger partial charge in [0, 0.05) is 6.54 Å². The second-order valence-electron chi connectivity index (χ2n) is 3.17. The highest BCUT2D eigenvalue weighted by molar-refractivity contribution is 6.32. The minimum atomic E-state index is -0.317. The lowest BCUT2D eigenvalue weighted by molar-refractivity contribution is 0.686. The van der Waals surface area contributed by atoms with Crippen molar-refractivity contribution in [2.24, 2.45) is 5.92 Å². The summed E-state index contributed by atoms with van der Waals surface area (Å²) < 4.78 is 0. The van der Waals surface area contributed by atoms with Crippen molar-refractivity contribution in [1.82, 2.24) is 9.97 Å². The van der Waals surface area contributed by atoms with Crippen LogP contribution < -0.4 is 10.9 Å². The Kier molecular flexibility index (Phi) is 3.31. The summed E-state index contributed by atoms with van der Waals surface area (Å²) in [5.41, 5.74) is -0.317. The lowest BCUT2D eigenvalue weighted by atomic mass is 10.2. The fraction of sp³-hybridized carbons (Fsp3) is 0.500. The van der Waals surface area contributed by atoms with Gasteiger partial charge in [-0.25, -0.2) is 4.98 Å². The van der Waals surface area contributed by atoms with Crippen LogP contribution >= 0.6 is 11.6 Å². The van der Waals surface area contributed by atoms with Crippen LogP contribution in [0.25, 0.3) is 0 Å². The zero-order valence-electron chi connectivity index (χ0n) is 7.60. The van der Waals surface area contributed by atoms with Crippen molar-refractivity contribution < 1.29 is 0 Å². The van der Waals surface area contributed by atoms with E-state index in [1.165, 1.54) is 6.33 Å². The third-order valence-electron chi connectivity index (χ3n) is 1.47. The minimum absolute atomic E-state index is 0.114. The molecule has 0 unspecified atom stereocenters. The van der Waals surface area contributed by atoms with E-state index in [4.69, 9.17) is 11.6 Å². The van der Waals surface area contributed by atoms with Crippen LogP contribution in [0.4, 0.5) is 5.82 Å². The average Bonchev–Trinajstić information content (AvgIpc) is 2.07. The molecule has 4 nitrogen and oxygen atoms in total. The van der Waals surface area contributed by atoms with E-state index < -0.39 is 0 Å². The number of aromatic amines is 1. The summed E-state index contributed by atoms with van der Waals surface area (Å²) in [5, 5.41) is 3.10. The largest absolute Gasteiger partial charge is 0.368 e. The Hall–Kier alpha value is -1.03. The number of aromatic nitrogens is 2. The second-order valence-corrected chi connectivity index (χ2v) is 3.55. The summed E-state index contributed by atoms with van der Waals surface area (Å²) in [7, 11) is 0. The molecule has 0 spiro atoms. The summed E-state index contributed by atoms with van der Waals surface area (Å²) >= 11 is 5.71. The van der Waals surface area contributed by atoms with E-state index in [0.717, 1.165) is 6.54 Å². The predicted octanol–water partition coefficient (Wildman–Crippen LogP) is 1.49. The molecule has 0 bridgehead atoms. The third kappa shape index (κ3) is 2.73. The zero-order chi connectivity index (χ0) is 9.84. The molecule has 0 fully saturated rings. The molecular formula is C8H12ClN3O. The van der Waals surface area contributed by atoms with E-state index in [1.807, 2.05) is 0 Å². The summed E-state index contributed by atoms with van der Waals surface area (Å²) in [5.74, 6) is 0.927. The molecule has 0 saturated heterocycles. The van der Waals surface area contributed by atoms with Crippen molar-refractivity contribution in [2.75, 3.05) is 11.9 Å². The van der Waals surface area contributed by atoms with Gasteiger partial charge in [-0.15, -0.1) is 0 Å². The lowest BCUT2D eigenvalue weighted by Crippen LogP contribution is -2.14. The predicted molar refractivity (Wildman–Crippen MR) is 53.2 cm³/mol. The smallest absolute Gasteiger partial charge is 0.271 e. The third-order valence-corrected chi connectivity index (χ3v) is 1.82. The second kappa shape index (κ2) is 4.28. The van der Waals surface area contributed by atoms with Gasteiger partial charge in [-0.2, -0.15) is 0 Å². The first kappa shape index (κ1) is 10.1. The Morgan fingerprint density at radius 2 is 2.38 bits per heavy atom. The molecule has 0 radical (unpaired) electrons. The van der Waals surface area contributed by atoms with Crippen LogP contribution in [-0.4, -0.2) is 16.5 Å². The van der Waals surface area contributed by atoms with Gasteiger partial charge in [-0.05, 0) is 5.92 Å². The van der Waals surface area contributed by atoms with E-state index in [9.17, 15) is 4.79 Å². The summed E-state index contributed by atoms with van der Waals surface area (Å²) in [6, 6.07) is 0. The van der Waals surface area contributed by atoms with Crippen LogP contribution in [0, 0.1) is 5.92 Å². The van der Waals surface area contributed by atoms with E-state index in [0.29, 0.717) is 11.7 Å². The van der Waals surface area contributed by atoms with Crippen LogP contribution in [0.5, 0.6) is 0 Å². The molecule has 1 heterocycles. The highest BCUT2D eigenvalue weighted by Gasteiger charge is 2.04. The molecule has 2 N–H and O–H groups in total. The fourth-order valence-electron chi connectivity index (χ4n) is 0.807. The van der Waals surface area contributed by atoms with Crippen molar-refractivity contribution in [3.63, 3.8) is 0 Å². The molecule has 0 aliphatic heterocycles. The molecule has 1 rings (SSSR count). The first-order valence-electron chi connectivity index (χ1n) is 4.08. The van der Waals surface area contributed by atoms with Crippen LogP contribution in [0.15, 0.2) is 11.1 Å². The quantitative estimate of drug-likeness (QED) is 0.779. The van der Waals surface area contributed by atoms with Crippen LogP contribution in [-0.2, 0) is 0 Å². The molecule has 0 aromatic carbocycles. The average molecular weight is 202 g/mol. The summed E-state index contributed by atoms with van der Waals surface area (Å²) in [6.45, 7) is 4.87. The van der Waals surface area contributed by atoms with Crippen molar-refractivity contribution >= 4 is 17.4 Å². The molecule has 72 valence electrons. The molecule has 13 heavy (non-hydrogen) atoms. The van der Waals surface area contributed by atoms with E-state index in [2.05, 4.69) is 29.1 Å². The standard InChI is InChI=1S/C8H12ClN3O/c1-5(2)3-10-7-6(9)8(13)12-4-11-7/h4-5H,3H2,1-2H3,(H2,10,11,12,13). The molecule has 0 saturated carbocycles. The molecular weight excluding hydrogens is 190 g/mol. The highest BCUT2D eigenvalue weighted by atomic mass is 35.5. The van der Waals surface area contributed by atoms with Crippen molar-refractivity contribution in [2.45, 2.75) is 13.8 Å². The highest BCUT2D eigenvalue weighted by Crippen LogP contribution is 2.12. The summed E-state index contributed by atoms with van der Waals surface area (Å²) in [4.78, 5) is 17.3. The number of nitrogens with zero attached hydrogens (tertiary/aromatic N) is 1. The fourth-order valence-corrected chi connectivity index (χ4v) is 0.977. The number of H-pyrrole nitrogens is 1. The van der Waals surface area contributed by atoms with Crippen LogP contribution in [0.1, 0.15) is 13.8 Å². The number of rotatable bonds is 3. The van der Waals surface area contributed by atoms with Gasteiger partial charge in [-0.3, -0.25) is 4.79 Å². The number of nitrogens with one attached hydrogen (secondary N) is 2. The number of halogens is 1. The topological polar surface area (TPSA) is 57.8 Å². The first-order valence-corrected chi connectivity index (χ1v) is 4.46. The Labute approximate surface area is 81.3 Å². The van der Waals surface area contributed by atoms with Gasteiger partial charge in [0.1, 0.15) is 5.02 Å². The Morgan fingerprint density at radius 3 is 3.00 bits per heavy atom. The monoisotopic (exact) mass is 201 g/mol. The molecule has 0 atom stereocenters. The molecule has 1 aromatic rings. The van der Waals surface area contributed by atoms with E-state index in [1.54, 1.807) is 0 Å². The van der Waals surface area contributed by atoms with Gasteiger partial charge in [-0.1, -0.05) is 25.4 Å². The zero-order valence-corrected chi connectivity index (χ0v) is 8.35. The van der Waals surface area contributed by atoms with Gasteiger partial charge in [0.15, 0.2) is 5.82 Å². The lowest BCUT2D eigenvalue weighted by Gasteiger charge is -2.07. The number of anilines is 1. The molecule has 0 aliphatic carbocycles. The SMILES string of the molecule is CC(C)CNc1nc[nH]c(=O)c1Cl. The first-order chi connectivity index (χ1) is 6.11. The van der Waals surface area contributed by atoms with Gasteiger partial charge in [0.25, 0.3) is 5.56 Å². The van der Waals surface area contributed by atoms with E-state index in [-0.39, 0.29) is 10.6 Å². The molecule has 0 amide bonds. The maximum absolute atomic E-state index is 11.0. The maximum Gasteiger partial charge on any atom is 0.271 e. The molecule has 5 heteroatoms. The van der Waals surface area contributed by atoms with Crippen LogP contribution in [0.2, 0.25) is 5.02 Å². The van der Waals surface area contributed by atoms with Crippen molar-refractivity contribution in [3.8, 4) is 0 Å². The molecule has 0 aliphatic rings. The van der Waals surface area contributed by atoms with Crippen molar-refractivity contribution in [3.05, 3.63) is 21.7 Å². The summed E-state index contributed by atoms with van der Waals surface area (Å²) in [6.07, 6.45) is 1.33. The van der Waals surface area contributed by atoms with Gasteiger partial charge in [0.2, 0.25) is 0 Å². The van der Waals surface area contributed by atoms with Gasteiger partial charge >= 0.3 is 0 Å². The van der Waals surface area contributed by atoms with Gasteiger partial charge < -0.3 is 10.3 Å². The van der Waals surface area contributed by atoms with Crippen molar-refractivity contribution in [1.29, 1.82) is 0 Å². The van der Waals surface area contributed by atoms with Crippen LogP contribution in [0.3, 0.4) is 0 Å². The van der Waals surface area contributed by atoms with E-state index >= 15 is 0 Å². The number of hydrogen-bond acceptors (Lipinski definition) is 3.